The summed E-state index contributed by atoms with van der Waals surface area (Å²) in [5.41, 5.74) is 0.525. The molecular formula is C14H17NO7S. The Morgan fingerprint density at radius 1 is 1.26 bits per heavy atom. The minimum absolute atomic E-state index is 0.101. The monoisotopic (exact) mass is 343 g/mol. The van der Waals surface area contributed by atoms with Crippen molar-refractivity contribution in [1.29, 1.82) is 0 Å². The largest absolute Gasteiger partial charge is 0.453 e. The van der Waals surface area contributed by atoms with Gasteiger partial charge in [0.05, 0.1) is 18.4 Å². The fourth-order valence-corrected chi connectivity index (χ4v) is 2.41. The van der Waals surface area contributed by atoms with Gasteiger partial charge < -0.3 is 9.47 Å². The normalized spacial score (nSPS) is 12.1. The lowest BCUT2D eigenvalue weighted by atomic mass is 10.1. The van der Waals surface area contributed by atoms with Gasteiger partial charge in [0.1, 0.15) is 0 Å². The number of hydrogen-bond donors (Lipinski definition) is 1. The van der Waals surface area contributed by atoms with E-state index in [1.54, 1.807) is 6.07 Å². The highest BCUT2D eigenvalue weighted by Crippen LogP contribution is 2.11. The predicted octanol–water partition coefficient (Wildman–Crippen LogP) is 0.659. The minimum Gasteiger partial charge on any atom is -0.453 e. The van der Waals surface area contributed by atoms with Crippen LogP contribution >= 0.6 is 0 Å². The molecule has 1 atom stereocenters. The molecule has 23 heavy (non-hydrogen) atoms. The van der Waals surface area contributed by atoms with E-state index in [0.717, 1.165) is 13.4 Å². The minimum atomic E-state index is -3.24. The van der Waals surface area contributed by atoms with Crippen molar-refractivity contribution in [1.82, 2.24) is 5.32 Å². The van der Waals surface area contributed by atoms with Crippen LogP contribution in [-0.2, 0) is 29.9 Å². The van der Waals surface area contributed by atoms with E-state index in [4.69, 9.17) is 4.74 Å². The molecule has 9 heteroatoms. The fourth-order valence-electron chi connectivity index (χ4n) is 1.63. The van der Waals surface area contributed by atoms with Crippen molar-refractivity contribution in [2.75, 3.05) is 13.4 Å². The highest BCUT2D eigenvalue weighted by Gasteiger charge is 2.21. The second-order valence-corrected chi connectivity index (χ2v) is 6.94. The molecule has 1 aromatic carbocycles. The van der Waals surface area contributed by atoms with Crippen LogP contribution in [0.15, 0.2) is 24.3 Å². The molecule has 0 aromatic heterocycles. The summed E-state index contributed by atoms with van der Waals surface area (Å²) in [4.78, 5) is 34.4. The second-order valence-electron chi connectivity index (χ2n) is 4.80. The van der Waals surface area contributed by atoms with Gasteiger partial charge in [-0.3, -0.25) is 10.1 Å². The number of ether oxygens (including phenoxy) is 2. The van der Waals surface area contributed by atoms with Crippen LogP contribution in [-0.4, -0.2) is 45.9 Å². The zero-order valence-corrected chi connectivity index (χ0v) is 13.7. The van der Waals surface area contributed by atoms with Crippen molar-refractivity contribution in [3.63, 3.8) is 0 Å². The van der Waals surface area contributed by atoms with E-state index in [9.17, 15) is 22.8 Å². The maximum atomic E-state index is 12.0. The lowest BCUT2D eigenvalue weighted by Crippen LogP contribution is -2.39. The highest BCUT2D eigenvalue weighted by molar-refractivity contribution is 7.89. The molecule has 0 radical (unpaired) electrons. The number of nitrogens with one attached hydrogen (secondary N) is 1. The average molecular weight is 343 g/mol. The number of benzene rings is 1. The number of rotatable bonds is 5. The molecule has 0 spiro atoms. The zero-order chi connectivity index (χ0) is 17.6. The molecule has 126 valence electrons. The Morgan fingerprint density at radius 2 is 1.91 bits per heavy atom. The summed E-state index contributed by atoms with van der Waals surface area (Å²) >= 11 is 0. The highest BCUT2D eigenvalue weighted by atomic mass is 32.2. The summed E-state index contributed by atoms with van der Waals surface area (Å²) in [5.74, 6) is -1.86. The third-order valence-electron chi connectivity index (χ3n) is 2.66. The van der Waals surface area contributed by atoms with Gasteiger partial charge in [-0.15, -0.1) is 0 Å². The van der Waals surface area contributed by atoms with Crippen molar-refractivity contribution in [2.45, 2.75) is 18.8 Å². The van der Waals surface area contributed by atoms with Gasteiger partial charge in [-0.05, 0) is 24.6 Å². The number of imide groups is 1. The molecule has 1 aromatic rings. The third-order valence-corrected chi connectivity index (χ3v) is 3.51. The maximum Gasteiger partial charge on any atom is 0.413 e. The molecular weight excluding hydrogens is 326 g/mol. The molecule has 0 fully saturated rings. The van der Waals surface area contributed by atoms with E-state index in [0.29, 0.717) is 5.56 Å². The summed E-state index contributed by atoms with van der Waals surface area (Å²) in [5, 5.41) is 1.87. The smallest absolute Gasteiger partial charge is 0.413 e. The topological polar surface area (TPSA) is 116 Å². The van der Waals surface area contributed by atoms with Gasteiger partial charge in [-0.2, -0.15) is 0 Å². The Hall–Kier alpha value is -2.42. The number of methoxy groups -OCH3 is 1. The van der Waals surface area contributed by atoms with Crippen molar-refractivity contribution in [3.8, 4) is 0 Å². The Kier molecular flexibility index (Phi) is 6.26. The van der Waals surface area contributed by atoms with Crippen molar-refractivity contribution < 1.29 is 32.3 Å². The van der Waals surface area contributed by atoms with E-state index < -0.39 is 33.9 Å². The number of esters is 1. The maximum absolute atomic E-state index is 12.0. The Labute approximate surface area is 133 Å². The molecule has 0 aliphatic carbocycles. The lowest BCUT2D eigenvalue weighted by molar-refractivity contribution is -0.128. The molecule has 0 saturated heterocycles. The number of carbonyl (C=O) groups is 3. The second kappa shape index (κ2) is 7.73. The van der Waals surface area contributed by atoms with Gasteiger partial charge in [0.2, 0.25) is 0 Å². The third kappa shape index (κ3) is 6.47. The molecule has 0 aliphatic rings. The summed E-state index contributed by atoms with van der Waals surface area (Å²) in [6.45, 7) is 1.29. The molecule has 0 heterocycles. The first-order valence-corrected chi connectivity index (χ1v) is 8.55. The Morgan fingerprint density at radius 3 is 2.48 bits per heavy atom. The first kappa shape index (κ1) is 18.6. The Bertz CT molecular complexity index is 712. The van der Waals surface area contributed by atoms with Crippen molar-refractivity contribution in [3.05, 3.63) is 35.4 Å². The number of alkyl carbamates (subject to hydrolysis) is 1. The molecule has 0 unspecified atom stereocenters. The lowest BCUT2D eigenvalue weighted by Gasteiger charge is -2.12. The standard InChI is InChI=1S/C14H17NO7S/c1-9(12(16)15-14(18)21-2)22-13(17)11-6-4-5-10(7-11)8-23(3,19)20/h4-7,9H,8H2,1-3H3,(H,15,16,18)/t9-/m1/s1. The summed E-state index contributed by atoms with van der Waals surface area (Å²) in [7, 11) is -2.15. The first-order chi connectivity index (χ1) is 10.6. The predicted molar refractivity (Wildman–Crippen MR) is 80.4 cm³/mol. The summed E-state index contributed by atoms with van der Waals surface area (Å²) in [6, 6.07) is 5.87. The van der Waals surface area contributed by atoms with Gasteiger partial charge in [-0.1, -0.05) is 12.1 Å². The van der Waals surface area contributed by atoms with Crippen LogP contribution < -0.4 is 5.32 Å². The van der Waals surface area contributed by atoms with E-state index in [-0.39, 0.29) is 11.3 Å². The van der Waals surface area contributed by atoms with Gasteiger partial charge in [-0.25, -0.2) is 18.0 Å². The van der Waals surface area contributed by atoms with Gasteiger partial charge in [0.15, 0.2) is 15.9 Å². The van der Waals surface area contributed by atoms with Crippen LogP contribution in [0.25, 0.3) is 0 Å². The number of carbonyl (C=O) groups excluding carboxylic acids is 3. The molecule has 1 N–H and O–H groups in total. The molecule has 0 bridgehead atoms. The molecule has 0 aliphatic heterocycles. The average Bonchev–Trinajstić information content (AvgIpc) is 2.45. The van der Waals surface area contributed by atoms with Crippen LogP contribution in [0.4, 0.5) is 4.79 Å². The van der Waals surface area contributed by atoms with E-state index >= 15 is 0 Å². The van der Waals surface area contributed by atoms with Gasteiger partial charge >= 0.3 is 12.1 Å². The molecule has 2 amide bonds. The van der Waals surface area contributed by atoms with Crippen LogP contribution in [0.3, 0.4) is 0 Å². The van der Waals surface area contributed by atoms with Crippen LogP contribution in [0.5, 0.6) is 0 Å². The first-order valence-electron chi connectivity index (χ1n) is 6.49. The quantitative estimate of drug-likeness (QED) is 0.781. The zero-order valence-electron chi connectivity index (χ0n) is 12.9. The van der Waals surface area contributed by atoms with Gasteiger partial charge in [0, 0.05) is 6.26 Å². The fraction of sp³-hybridized carbons (Fsp3) is 0.357. The SMILES string of the molecule is COC(=O)NC(=O)[C@@H](C)OC(=O)c1cccc(CS(C)(=O)=O)c1. The number of amides is 2. The molecule has 8 nitrogen and oxygen atoms in total. The van der Waals surface area contributed by atoms with Crippen LogP contribution in [0.1, 0.15) is 22.8 Å². The van der Waals surface area contributed by atoms with Crippen molar-refractivity contribution in [2.24, 2.45) is 0 Å². The van der Waals surface area contributed by atoms with E-state index in [1.165, 1.54) is 25.1 Å². The molecule has 1 rings (SSSR count). The van der Waals surface area contributed by atoms with E-state index in [2.05, 4.69) is 4.74 Å². The van der Waals surface area contributed by atoms with E-state index in [1.807, 2.05) is 5.32 Å². The Balaban J connectivity index is 2.76. The van der Waals surface area contributed by atoms with Crippen LogP contribution in [0.2, 0.25) is 0 Å². The van der Waals surface area contributed by atoms with Crippen LogP contribution in [0, 0.1) is 0 Å². The number of sulfone groups is 1. The molecule has 0 saturated carbocycles. The van der Waals surface area contributed by atoms with Gasteiger partial charge in [0.25, 0.3) is 5.91 Å². The number of hydrogen-bond acceptors (Lipinski definition) is 7. The van der Waals surface area contributed by atoms with Crippen molar-refractivity contribution >= 4 is 27.8 Å². The summed E-state index contributed by atoms with van der Waals surface area (Å²) < 4.78 is 31.7. The summed E-state index contributed by atoms with van der Waals surface area (Å²) in [6.07, 6.45) is -1.11.